The van der Waals surface area contributed by atoms with E-state index in [9.17, 15) is 5.11 Å². The van der Waals surface area contributed by atoms with Crippen molar-refractivity contribution in [1.82, 2.24) is 0 Å². The zero-order valence-corrected chi connectivity index (χ0v) is 11.8. The third-order valence-corrected chi connectivity index (χ3v) is 3.32. The van der Waals surface area contributed by atoms with Crippen LogP contribution in [-0.2, 0) is 0 Å². The van der Waals surface area contributed by atoms with Gasteiger partial charge < -0.3 is 10.4 Å². The fourth-order valence-corrected chi connectivity index (χ4v) is 2.23. The molecule has 0 bridgehead atoms. The van der Waals surface area contributed by atoms with Crippen molar-refractivity contribution in [3.8, 4) is 0 Å². The maximum absolute atomic E-state index is 9.51. The van der Waals surface area contributed by atoms with Gasteiger partial charge in [-0.25, -0.2) is 0 Å². The summed E-state index contributed by atoms with van der Waals surface area (Å²) in [6, 6.07) is 16.0. The molecule has 1 atom stereocenters. The van der Waals surface area contributed by atoms with Crippen molar-refractivity contribution in [2.24, 2.45) is 0 Å². The second kappa shape index (κ2) is 6.03. The molecule has 2 rings (SSSR count). The van der Waals surface area contributed by atoms with Gasteiger partial charge in [-0.2, -0.15) is 0 Å². The van der Waals surface area contributed by atoms with Crippen molar-refractivity contribution in [2.45, 2.75) is 13.0 Å². The number of aryl methyl sites for hydroxylation is 1. The second-order valence-electron chi connectivity index (χ2n) is 4.30. The van der Waals surface area contributed by atoms with E-state index >= 15 is 0 Å². The first-order valence-corrected chi connectivity index (χ1v) is 6.68. The van der Waals surface area contributed by atoms with E-state index in [1.54, 1.807) is 0 Å². The van der Waals surface area contributed by atoms with E-state index in [4.69, 9.17) is 0 Å². The number of halogens is 1. The standard InChI is InChI=1S/C15H16BrNO/c1-11-5-7-14(8-6-11)17-15(10-18)12-3-2-4-13(16)9-12/h2-9,15,17-18H,10H2,1H3. The molecular weight excluding hydrogens is 290 g/mol. The summed E-state index contributed by atoms with van der Waals surface area (Å²) >= 11 is 3.45. The predicted octanol–water partition coefficient (Wildman–Crippen LogP) is 3.90. The Hall–Kier alpha value is -1.32. The lowest BCUT2D eigenvalue weighted by Gasteiger charge is -2.18. The molecule has 1 unspecified atom stereocenters. The molecule has 18 heavy (non-hydrogen) atoms. The summed E-state index contributed by atoms with van der Waals surface area (Å²) in [6.45, 7) is 2.12. The van der Waals surface area contributed by atoms with Gasteiger partial charge >= 0.3 is 0 Å². The van der Waals surface area contributed by atoms with Gasteiger partial charge in [0, 0.05) is 10.2 Å². The van der Waals surface area contributed by atoms with E-state index in [1.165, 1.54) is 5.56 Å². The number of benzene rings is 2. The quantitative estimate of drug-likeness (QED) is 0.898. The van der Waals surface area contributed by atoms with E-state index in [0.29, 0.717) is 0 Å². The molecular formula is C15H16BrNO. The fourth-order valence-electron chi connectivity index (χ4n) is 1.81. The van der Waals surface area contributed by atoms with Gasteiger partial charge in [-0.05, 0) is 36.8 Å². The molecule has 2 aromatic carbocycles. The van der Waals surface area contributed by atoms with Crippen LogP contribution in [0.2, 0.25) is 0 Å². The summed E-state index contributed by atoms with van der Waals surface area (Å²) < 4.78 is 1.02. The Kier molecular flexibility index (Phi) is 4.39. The Labute approximate surface area is 116 Å². The molecule has 0 aliphatic heterocycles. The topological polar surface area (TPSA) is 32.3 Å². The molecule has 2 nitrogen and oxygen atoms in total. The molecule has 0 amide bonds. The van der Waals surface area contributed by atoms with Gasteiger partial charge in [-0.15, -0.1) is 0 Å². The predicted molar refractivity (Wildman–Crippen MR) is 78.8 cm³/mol. The molecule has 0 aliphatic carbocycles. The van der Waals surface area contributed by atoms with Crippen molar-refractivity contribution in [1.29, 1.82) is 0 Å². The molecule has 0 fully saturated rings. The van der Waals surface area contributed by atoms with Gasteiger partial charge in [0.15, 0.2) is 0 Å². The van der Waals surface area contributed by atoms with Crippen molar-refractivity contribution in [2.75, 3.05) is 11.9 Å². The second-order valence-corrected chi connectivity index (χ2v) is 5.22. The number of hydrogen-bond donors (Lipinski definition) is 2. The molecule has 0 radical (unpaired) electrons. The van der Waals surface area contributed by atoms with Crippen LogP contribution < -0.4 is 5.32 Å². The molecule has 0 saturated heterocycles. The van der Waals surface area contributed by atoms with Crippen LogP contribution >= 0.6 is 15.9 Å². The maximum atomic E-state index is 9.51. The van der Waals surface area contributed by atoms with Crippen LogP contribution in [0.3, 0.4) is 0 Å². The number of aliphatic hydroxyl groups is 1. The lowest BCUT2D eigenvalue weighted by atomic mass is 10.1. The first-order valence-electron chi connectivity index (χ1n) is 5.88. The van der Waals surface area contributed by atoms with Gasteiger partial charge in [0.25, 0.3) is 0 Å². The Morgan fingerprint density at radius 3 is 2.50 bits per heavy atom. The molecule has 94 valence electrons. The van der Waals surface area contributed by atoms with Gasteiger partial charge in [0.05, 0.1) is 12.6 Å². The average molecular weight is 306 g/mol. The van der Waals surface area contributed by atoms with Crippen LogP contribution in [0, 0.1) is 6.92 Å². The fraction of sp³-hybridized carbons (Fsp3) is 0.200. The summed E-state index contributed by atoms with van der Waals surface area (Å²) in [5, 5.41) is 12.8. The highest BCUT2D eigenvalue weighted by atomic mass is 79.9. The lowest BCUT2D eigenvalue weighted by Crippen LogP contribution is -2.14. The number of nitrogens with one attached hydrogen (secondary N) is 1. The highest BCUT2D eigenvalue weighted by Gasteiger charge is 2.10. The first-order chi connectivity index (χ1) is 8.69. The highest BCUT2D eigenvalue weighted by molar-refractivity contribution is 9.10. The Morgan fingerprint density at radius 1 is 1.17 bits per heavy atom. The summed E-state index contributed by atoms with van der Waals surface area (Å²) in [5.41, 5.74) is 3.30. The zero-order valence-electron chi connectivity index (χ0n) is 10.2. The number of rotatable bonds is 4. The first kappa shape index (κ1) is 13.1. The molecule has 0 saturated carbocycles. The molecule has 0 spiro atoms. The third kappa shape index (κ3) is 3.34. The van der Waals surface area contributed by atoms with Gasteiger partial charge in [0.1, 0.15) is 0 Å². The largest absolute Gasteiger partial charge is 0.394 e. The average Bonchev–Trinajstić information content (AvgIpc) is 2.38. The SMILES string of the molecule is Cc1ccc(NC(CO)c2cccc(Br)c2)cc1. The molecule has 2 aromatic rings. The van der Waals surface area contributed by atoms with Crippen molar-refractivity contribution < 1.29 is 5.11 Å². The minimum absolute atomic E-state index is 0.0599. The summed E-state index contributed by atoms with van der Waals surface area (Å²) in [5.74, 6) is 0. The van der Waals surface area contributed by atoms with E-state index in [2.05, 4.69) is 40.3 Å². The Morgan fingerprint density at radius 2 is 1.89 bits per heavy atom. The molecule has 0 heterocycles. The third-order valence-electron chi connectivity index (χ3n) is 2.83. The minimum atomic E-state index is -0.0924. The smallest absolute Gasteiger partial charge is 0.0745 e. The summed E-state index contributed by atoms with van der Waals surface area (Å²) in [4.78, 5) is 0. The lowest BCUT2D eigenvalue weighted by molar-refractivity contribution is 0.276. The highest BCUT2D eigenvalue weighted by Crippen LogP contribution is 2.22. The van der Waals surface area contributed by atoms with E-state index in [0.717, 1.165) is 15.7 Å². The van der Waals surface area contributed by atoms with Crippen LogP contribution in [0.1, 0.15) is 17.2 Å². The van der Waals surface area contributed by atoms with Crippen LogP contribution in [0.5, 0.6) is 0 Å². The Balaban J connectivity index is 2.17. The summed E-state index contributed by atoms with van der Waals surface area (Å²) in [6.07, 6.45) is 0. The normalized spacial score (nSPS) is 12.2. The van der Waals surface area contributed by atoms with Crippen molar-refractivity contribution >= 4 is 21.6 Å². The molecule has 3 heteroatoms. The van der Waals surface area contributed by atoms with Crippen LogP contribution in [0.15, 0.2) is 53.0 Å². The van der Waals surface area contributed by atoms with Gasteiger partial charge in [-0.3, -0.25) is 0 Å². The molecule has 0 aromatic heterocycles. The molecule has 0 aliphatic rings. The van der Waals surface area contributed by atoms with Crippen molar-refractivity contribution in [3.63, 3.8) is 0 Å². The van der Waals surface area contributed by atoms with E-state index < -0.39 is 0 Å². The number of aliphatic hydroxyl groups excluding tert-OH is 1. The molecule has 2 N–H and O–H groups in total. The Bertz CT molecular complexity index is 510. The number of hydrogen-bond acceptors (Lipinski definition) is 2. The van der Waals surface area contributed by atoms with Crippen molar-refractivity contribution in [3.05, 3.63) is 64.1 Å². The zero-order chi connectivity index (χ0) is 13.0. The monoisotopic (exact) mass is 305 g/mol. The van der Waals surface area contributed by atoms with Crippen LogP contribution in [0.25, 0.3) is 0 Å². The minimum Gasteiger partial charge on any atom is -0.394 e. The van der Waals surface area contributed by atoms with Crippen LogP contribution in [0.4, 0.5) is 5.69 Å². The van der Waals surface area contributed by atoms with E-state index in [1.807, 2.05) is 36.4 Å². The number of anilines is 1. The maximum Gasteiger partial charge on any atom is 0.0745 e. The van der Waals surface area contributed by atoms with E-state index in [-0.39, 0.29) is 12.6 Å². The van der Waals surface area contributed by atoms with Gasteiger partial charge in [-0.1, -0.05) is 45.8 Å². The summed E-state index contributed by atoms with van der Waals surface area (Å²) in [7, 11) is 0. The van der Waals surface area contributed by atoms with Gasteiger partial charge in [0.2, 0.25) is 0 Å². The van der Waals surface area contributed by atoms with Crippen LogP contribution in [-0.4, -0.2) is 11.7 Å².